The van der Waals surface area contributed by atoms with E-state index in [0.29, 0.717) is 13.0 Å². The molecule has 0 bridgehead atoms. The molecule has 1 N–H and O–H groups in total. The summed E-state index contributed by atoms with van der Waals surface area (Å²) >= 11 is 0. The summed E-state index contributed by atoms with van der Waals surface area (Å²) < 4.78 is 61.9. The zero-order chi connectivity index (χ0) is 12.8. The van der Waals surface area contributed by atoms with Crippen LogP contribution in [0.5, 0.6) is 0 Å². The third-order valence-electron chi connectivity index (χ3n) is 3.90. The van der Waals surface area contributed by atoms with Crippen molar-refractivity contribution in [1.82, 2.24) is 5.32 Å². The minimum absolute atomic E-state index is 0.0293. The van der Waals surface area contributed by atoms with Gasteiger partial charge in [-0.1, -0.05) is 0 Å². The van der Waals surface area contributed by atoms with Crippen molar-refractivity contribution < 1.29 is 21.6 Å². The van der Waals surface area contributed by atoms with E-state index in [4.69, 9.17) is 0 Å². The third-order valence-corrected chi connectivity index (χ3v) is 6.56. The topological polar surface area (TPSA) is 46.2 Å². The lowest BCUT2D eigenvalue weighted by molar-refractivity contribution is -0.182. The number of halogens is 3. The van der Waals surface area contributed by atoms with Gasteiger partial charge in [0.1, 0.15) is 0 Å². The number of sulfone groups is 1. The zero-order valence-electron chi connectivity index (χ0n) is 9.50. The molecule has 2 aliphatic rings. The van der Waals surface area contributed by atoms with Crippen LogP contribution < -0.4 is 5.32 Å². The maximum absolute atomic E-state index is 12.6. The molecule has 17 heavy (non-hydrogen) atoms. The second-order valence-electron chi connectivity index (χ2n) is 5.00. The van der Waals surface area contributed by atoms with Crippen LogP contribution in [-0.2, 0) is 9.84 Å². The molecule has 100 valence electrons. The summed E-state index contributed by atoms with van der Waals surface area (Å²) in [4.78, 5) is 0. The van der Waals surface area contributed by atoms with Gasteiger partial charge in [-0.2, -0.15) is 13.2 Å². The molecule has 1 aliphatic carbocycles. The zero-order valence-corrected chi connectivity index (χ0v) is 10.3. The van der Waals surface area contributed by atoms with Crippen molar-refractivity contribution in [2.45, 2.75) is 48.9 Å². The molecule has 0 amide bonds. The maximum Gasteiger partial charge on any atom is 0.391 e. The van der Waals surface area contributed by atoms with Crippen LogP contribution in [0.3, 0.4) is 0 Å². The van der Waals surface area contributed by atoms with Crippen molar-refractivity contribution in [2.75, 3.05) is 6.54 Å². The highest BCUT2D eigenvalue weighted by atomic mass is 32.2. The first kappa shape index (κ1) is 13.1. The van der Waals surface area contributed by atoms with Crippen LogP contribution in [0, 0.1) is 5.92 Å². The summed E-state index contributed by atoms with van der Waals surface area (Å²) in [6.07, 6.45) is -4.24. The third kappa shape index (κ3) is 2.31. The Kier molecular flexibility index (Phi) is 3.18. The van der Waals surface area contributed by atoms with E-state index in [1.54, 1.807) is 6.92 Å². The molecule has 4 unspecified atom stereocenters. The van der Waals surface area contributed by atoms with Crippen molar-refractivity contribution in [2.24, 2.45) is 5.92 Å². The fraction of sp³-hybridized carbons (Fsp3) is 1.00. The van der Waals surface area contributed by atoms with E-state index >= 15 is 0 Å². The summed E-state index contributed by atoms with van der Waals surface area (Å²) in [5.74, 6) is -1.47. The van der Waals surface area contributed by atoms with Crippen molar-refractivity contribution in [3.05, 3.63) is 0 Å². The highest BCUT2D eigenvalue weighted by Gasteiger charge is 2.51. The molecule has 4 atom stereocenters. The Balaban J connectivity index is 2.21. The lowest BCUT2D eigenvalue weighted by Crippen LogP contribution is -2.58. The molecule has 1 saturated heterocycles. The smallest absolute Gasteiger partial charge is 0.311 e. The second-order valence-corrected chi connectivity index (χ2v) is 7.59. The standard InChI is InChI=1S/C10H16F3NO2S/c1-6-5-14-8-3-2-7(10(11,12)13)4-9(8)17(6,15)16/h6-9,14H,2-5H2,1H3. The van der Waals surface area contributed by atoms with Gasteiger partial charge in [0.05, 0.1) is 16.4 Å². The van der Waals surface area contributed by atoms with E-state index in [1.165, 1.54) is 0 Å². The highest BCUT2D eigenvalue weighted by Crippen LogP contribution is 2.41. The molecule has 7 heteroatoms. The van der Waals surface area contributed by atoms with Crippen molar-refractivity contribution in [1.29, 1.82) is 0 Å². The minimum Gasteiger partial charge on any atom is -0.311 e. The van der Waals surface area contributed by atoms with Crippen LogP contribution in [0.2, 0.25) is 0 Å². The van der Waals surface area contributed by atoms with Crippen LogP contribution >= 0.6 is 0 Å². The lowest BCUT2D eigenvalue weighted by atomic mass is 9.85. The quantitative estimate of drug-likeness (QED) is 0.726. The number of hydrogen-bond donors (Lipinski definition) is 1. The number of nitrogens with one attached hydrogen (secondary N) is 1. The predicted molar refractivity (Wildman–Crippen MR) is 57.4 cm³/mol. The first-order chi connectivity index (χ1) is 7.73. The van der Waals surface area contributed by atoms with E-state index < -0.39 is 32.4 Å². The molecule has 0 spiro atoms. The van der Waals surface area contributed by atoms with Gasteiger partial charge in [-0.3, -0.25) is 0 Å². The Morgan fingerprint density at radius 1 is 1.24 bits per heavy atom. The second kappa shape index (κ2) is 4.12. The Morgan fingerprint density at radius 3 is 2.47 bits per heavy atom. The van der Waals surface area contributed by atoms with Gasteiger partial charge in [0, 0.05) is 12.6 Å². The van der Waals surface area contributed by atoms with Gasteiger partial charge in [0.2, 0.25) is 0 Å². The molecule has 3 nitrogen and oxygen atoms in total. The van der Waals surface area contributed by atoms with Crippen molar-refractivity contribution in [3.8, 4) is 0 Å². The van der Waals surface area contributed by atoms with Crippen molar-refractivity contribution in [3.63, 3.8) is 0 Å². The summed E-state index contributed by atoms with van der Waals surface area (Å²) in [6.45, 7) is 1.90. The molecule has 1 heterocycles. The molecule has 1 aliphatic heterocycles. The van der Waals surface area contributed by atoms with Gasteiger partial charge in [-0.25, -0.2) is 8.42 Å². The van der Waals surface area contributed by atoms with E-state index in [9.17, 15) is 21.6 Å². The number of alkyl halides is 3. The molecule has 2 rings (SSSR count). The minimum atomic E-state index is -4.28. The van der Waals surface area contributed by atoms with Crippen molar-refractivity contribution >= 4 is 9.84 Å². The fourth-order valence-electron chi connectivity index (χ4n) is 2.75. The first-order valence-corrected chi connectivity index (χ1v) is 7.36. The Morgan fingerprint density at radius 2 is 1.88 bits per heavy atom. The van der Waals surface area contributed by atoms with Gasteiger partial charge in [0.25, 0.3) is 0 Å². The average molecular weight is 271 g/mol. The molecular weight excluding hydrogens is 255 g/mol. The van der Waals surface area contributed by atoms with Crippen LogP contribution in [0.15, 0.2) is 0 Å². The Bertz CT molecular complexity index is 393. The van der Waals surface area contributed by atoms with E-state index in [1.807, 2.05) is 0 Å². The Hall–Kier alpha value is -0.300. The summed E-state index contributed by atoms with van der Waals surface area (Å²) in [5, 5.41) is 1.60. The number of hydrogen-bond acceptors (Lipinski definition) is 3. The monoisotopic (exact) mass is 271 g/mol. The van der Waals surface area contributed by atoms with Crippen LogP contribution in [-0.4, -0.2) is 37.7 Å². The molecule has 0 aromatic heterocycles. The van der Waals surface area contributed by atoms with Gasteiger partial charge in [0.15, 0.2) is 9.84 Å². The SMILES string of the molecule is CC1CNC2CCC(C(F)(F)F)CC2S1(=O)=O. The molecule has 0 radical (unpaired) electrons. The van der Waals surface area contributed by atoms with Gasteiger partial charge < -0.3 is 5.32 Å². The molecule has 1 saturated carbocycles. The predicted octanol–water partition coefficient (Wildman–Crippen LogP) is 1.49. The summed E-state index contributed by atoms with van der Waals surface area (Å²) in [7, 11) is -3.42. The largest absolute Gasteiger partial charge is 0.391 e. The van der Waals surface area contributed by atoms with Gasteiger partial charge in [-0.15, -0.1) is 0 Å². The van der Waals surface area contributed by atoms with Crippen LogP contribution in [0.4, 0.5) is 13.2 Å². The van der Waals surface area contributed by atoms with Crippen LogP contribution in [0.25, 0.3) is 0 Å². The number of fused-ring (bicyclic) bond motifs is 1. The van der Waals surface area contributed by atoms with Gasteiger partial charge in [-0.05, 0) is 26.2 Å². The average Bonchev–Trinajstić information content (AvgIpc) is 2.22. The summed E-state index contributed by atoms with van der Waals surface area (Å²) in [6, 6.07) is -0.296. The number of rotatable bonds is 0. The van der Waals surface area contributed by atoms with Crippen LogP contribution in [0.1, 0.15) is 26.2 Å². The molecule has 0 aromatic carbocycles. The van der Waals surface area contributed by atoms with Gasteiger partial charge >= 0.3 is 6.18 Å². The lowest BCUT2D eigenvalue weighted by Gasteiger charge is -2.41. The molecular formula is C10H16F3NO2S. The van der Waals surface area contributed by atoms with E-state index in [2.05, 4.69) is 5.32 Å². The fourth-order valence-corrected chi connectivity index (χ4v) is 4.87. The molecule has 2 fully saturated rings. The Labute approximate surface area is 98.7 Å². The highest BCUT2D eigenvalue weighted by molar-refractivity contribution is 7.92. The van der Waals surface area contributed by atoms with E-state index in [0.717, 1.165) is 0 Å². The summed E-state index contributed by atoms with van der Waals surface area (Å²) in [5.41, 5.74) is 0. The normalized spacial score (nSPS) is 41.9. The molecule has 0 aromatic rings. The first-order valence-electron chi connectivity index (χ1n) is 5.75. The van der Waals surface area contributed by atoms with E-state index in [-0.39, 0.29) is 18.9 Å². The maximum atomic E-state index is 12.6.